The van der Waals surface area contributed by atoms with Crippen molar-refractivity contribution in [3.63, 3.8) is 0 Å². The Morgan fingerprint density at radius 3 is 2.42 bits per heavy atom. The Balaban J connectivity index is 2.41. The second-order valence-electron chi connectivity index (χ2n) is 4.00. The highest BCUT2D eigenvalue weighted by atomic mass is 16.5. The molecule has 0 N–H and O–H groups in total. The molecule has 4 heteroatoms. The summed E-state index contributed by atoms with van der Waals surface area (Å²) in [6.07, 6.45) is 0.386. The second-order valence-corrected chi connectivity index (χ2v) is 4.00. The molecule has 0 aliphatic carbocycles. The van der Waals surface area contributed by atoms with Crippen LogP contribution in [0.3, 0.4) is 0 Å². The molecule has 96 valence electrons. The molecule has 4 nitrogen and oxygen atoms in total. The Labute approximate surface area is 111 Å². The van der Waals surface area contributed by atoms with E-state index in [-0.39, 0.29) is 5.78 Å². The standard InChI is InChI=1S/C15H14N2O2/c1-2-15(18)13-10-6-7-11-14(13)16-17(19)12-8-4-3-5-9-12/h3-11H,2H2,1H3. The Morgan fingerprint density at radius 2 is 1.74 bits per heavy atom. The number of rotatable bonds is 4. The third-order valence-electron chi connectivity index (χ3n) is 2.70. The number of nitrogens with zero attached hydrogens (tertiary/aromatic N) is 2. The van der Waals surface area contributed by atoms with E-state index in [0.717, 1.165) is 0 Å². The van der Waals surface area contributed by atoms with Crippen molar-refractivity contribution in [3.8, 4) is 0 Å². The van der Waals surface area contributed by atoms with E-state index in [2.05, 4.69) is 5.11 Å². The topological polar surface area (TPSA) is 55.5 Å². The van der Waals surface area contributed by atoms with Crippen LogP contribution in [-0.4, -0.2) is 10.6 Å². The molecule has 0 aromatic heterocycles. The maximum Gasteiger partial charge on any atom is 0.244 e. The van der Waals surface area contributed by atoms with E-state index in [1.165, 1.54) is 0 Å². The first kappa shape index (κ1) is 13.0. The molecule has 0 radical (unpaired) electrons. The maximum absolute atomic E-state index is 11.9. The van der Waals surface area contributed by atoms with E-state index in [0.29, 0.717) is 28.2 Å². The predicted molar refractivity (Wildman–Crippen MR) is 72.9 cm³/mol. The number of carbonyl (C=O) groups excluding carboxylic acids is 1. The number of ketones is 1. The van der Waals surface area contributed by atoms with Gasteiger partial charge in [-0.2, -0.15) is 0 Å². The number of hydrogen-bond donors (Lipinski definition) is 0. The summed E-state index contributed by atoms with van der Waals surface area (Å²) in [7, 11) is 0. The molecule has 0 unspecified atom stereocenters. The molecule has 0 atom stereocenters. The average molecular weight is 254 g/mol. The van der Waals surface area contributed by atoms with Gasteiger partial charge in [0.2, 0.25) is 5.69 Å². The van der Waals surface area contributed by atoms with Crippen LogP contribution in [0.15, 0.2) is 59.7 Å². The third-order valence-corrected chi connectivity index (χ3v) is 2.70. The Morgan fingerprint density at radius 1 is 1.11 bits per heavy atom. The lowest BCUT2D eigenvalue weighted by Crippen LogP contribution is -1.98. The van der Waals surface area contributed by atoms with Crippen LogP contribution < -0.4 is 0 Å². The van der Waals surface area contributed by atoms with Gasteiger partial charge in [0.15, 0.2) is 5.78 Å². The van der Waals surface area contributed by atoms with Crippen LogP contribution in [0, 0.1) is 5.21 Å². The summed E-state index contributed by atoms with van der Waals surface area (Å²) in [6.45, 7) is 1.78. The molecule has 2 rings (SSSR count). The lowest BCUT2D eigenvalue weighted by molar-refractivity contribution is -0.435. The van der Waals surface area contributed by atoms with Crippen molar-refractivity contribution in [3.05, 3.63) is 65.4 Å². The highest BCUT2D eigenvalue weighted by Crippen LogP contribution is 2.22. The molecule has 0 aliphatic heterocycles. The fourth-order valence-electron chi connectivity index (χ4n) is 1.70. The van der Waals surface area contributed by atoms with Crippen LogP contribution in [-0.2, 0) is 0 Å². The lowest BCUT2D eigenvalue weighted by atomic mass is 10.1. The molecule has 2 aromatic rings. The van der Waals surface area contributed by atoms with Gasteiger partial charge in [0, 0.05) is 29.2 Å². The smallest absolute Gasteiger partial charge is 0.244 e. The van der Waals surface area contributed by atoms with Gasteiger partial charge in [-0.25, -0.2) is 0 Å². The molecule has 0 aliphatic rings. The SMILES string of the molecule is CCC(=O)c1ccccc1N=[N+]([O-])c1ccccc1. The van der Waals surface area contributed by atoms with Crippen molar-refractivity contribution in [2.45, 2.75) is 13.3 Å². The van der Waals surface area contributed by atoms with Gasteiger partial charge < -0.3 is 5.21 Å². The largest absolute Gasteiger partial charge is 0.594 e. The first-order valence-electron chi connectivity index (χ1n) is 6.08. The van der Waals surface area contributed by atoms with Gasteiger partial charge in [-0.1, -0.05) is 42.1 Å². The minimum absolute atomic E-state index is 0.0270. The van der Waals surface area contributed by atoms with E-state index >= 15 is 0 Å². The van der Waals surface area contributed by atoms with Gasteiger partial charge >= 0.3 is 0 Å². The number of Topliss-reactive ketones (excluding diaryl/α,β-unsaturated/α-hetero) is 1. The van der Waals surface area contributed by atoms with Gasteiger partial charge in [-0.3, -0.25) is 4.79 Å². The highest BCUT2D eigenvalue weighted by molar-refractivity contribution is 6.00. The van der Waals surface area contributed by atoms with E-state index in [1.807, 2.05) is 6.07 Å². The fraction of sp³-hybridized carbons (Fsp3) is 0.133. The molecule has 0 bridgehead atoms. The van der Waals surface area contributed by atoms with Crippen molar-refractivity contribution in [2.24, 2.45) is 5.11 Å². The summed E-state index contributed by atoms with van der Waals surface area (Å²) < 4.78 is 0. The quantitative estimate of drug-likeness (QED) is 0.355. The Kier molecular flexibility index (Phi) is 4.03. The molecule has 0 saturated carbocycles. The monoisotopic (exact) mass is 254 g/mol. The third kappa shape index (κ3) is 3.04. The summed E-state index contributed by atoms with van der Waals surface area (Å²) in [5.74, 6) is -0.0270. The van der Waals surface area contributed by atoms with E-state index in [4.69, 9.17) is 0 Å². The maximum atomic E-state index is 11.9. The van der Waals surface area contributed by atoms with Gasteiger partial charge in [0.05, 0.1) is 0 Å². The van der Waals surface area contributed by atoms with Crippen LogP contribution in [0.5, 0.6) is 0 Å². The lowest BCUT2D eigenvalue weighted by Gasteiger charge is -2.03. The van der Waals surface area contributed by atoms with Crippen molar-refractivity contribution >= 4 is 17.2 Å². The van der Waals surface area contributed by atoms with E-state index in [9.17, 15) is 10.0 Å². The summed E-state index contributed by atoms with van der Waals surface area (Å²) in [5, 5.41) is 15.9. The fourth-order valence-corrected chi connectivity index (χ4v) is 1.70. The van der Waals surface area contributed by atoms with Gasteiger partial charge in [-0.15, -0.1) is 0 Å². The Bertz CT molecular complexity index is 607. The zero-order chi connectivity index (χ0) is 13.7. The molecule has 19 heavy (non-hydrogen) atoms. The molecule has 0 fully saturated rings. The van der Waals surface area contributed by atoms with Gasteiger partial charge in [0.25, 0.3) is 0 Å². The van der Waals surface area contributed by atoms with Crippen LogP contribution >= 0.6 is 0 Å². The highest BCUT2D eigenvalue weighted by Gasteiger charge is 2.11. The minimum Gasteiger partial charge on any atom is -0.594 e. The molecule has 0 amide bonds. The second kappa shape index (κ2) is 5.91. The molecular formula is C15H14N2O2. The molecule has 0 saturated heterocycles. The van der Waals surface area contributed by atoms with Crippen LogP contribution in [0.25, 0.3) is 0 Å². The Hall–Kier alpha value is -2.49. The molecule has 0 spiro atoms. The van der Waals surface area contributed by atoms with Crippen molar-refractivity contribution in [1.82, 2.24) is 0 Å². The summed E-state index contributed by atoms with van der Waals surface area (Å²) in [5.41, 5.74) is 1.30. The molecular weight excluding hydrogens is 240 g/mol. The van der Waals surface area contributed by atoms with Crippen molar-refractivity contribution in [1.29, 1.82) is 0 Å². The van der Waals surface area contributed by atoms with Gasteiger partial charge in [0.1, 0.15) is 5.69 Å². The zero-order valence-corrected chi connectivity index (χ0v) is 10.6. The molecule has 0 heterocycles. The van der Waals surface area contributed by atoms with E-state index in [1.54, 1.807) is 55.5 Å². The van der Waals surface area contributed by atoms with Gasteiger partial charge in [-0.05, 0) is 12.1 Å². The summed E-state index contributed by atoms with van der Waals surface area (Å²) in [6, 6.07) is 15.6. The number of hydrogen-bond acceptors (Lipinski definition) is 3. The first-order chi connectivity index (χ1) is 9.22. The number of benzene rings is 2. The minimum atomic E-state index is -0.0270. The van der Waals surface area contributed by atoms with Crippen LogP contribution in [0.2, 0.25) is 0 Å². The number of azo groups is 1. The zero-order valence-electron chi connectivity index (χ0n) is 10.6. The average Bonchev–Trinajstić information content (AvgIpc) is 2.48. The van der Waals surface area contributed by atoms with Crippen LogP contribution in [0.4, 0.5) is 11.4 Å². The first-order valence-corrected chi connectivity index (χ1v) is 6.08. The summed E-state index contributed by atoms with van der Waals surface area (Å²) in [4.78, 5) is 12.3. The normalized spacial score (nSPS) is 11.3. The summed E-state index contributed by atoms with van der Waals surface area (Å²) >= 11 is 0. The number of carbonyl (C=O) groups is 1. The van der Waals surface area contributed by atoms with Crippen LogP contribution in [0.1, 0.15) is 23.7 Å². The van der Waals surface area contributed by atoms with Crippen molar-refractivity contribution in [2.75, 3.05) is 0 Å². The number of para-hydroxylation sites is 1. The molecule has 2 aromatic carbocycles. The van der Waals surface area contributed by atoms with E-state index < -0.39 is 0 Å². The van der Waals surface area contributed by atoms with Crippen molar-refractivity contribution < 1.29 is 9.66 Å². The predicted octanol–water partition coefficient (Wildman–Crippen LogP) is 4.21.